The minimum atomic E-state index is -0.251. The summed E-state index contributed by atoms with van der Waals surface area (Å²) in [4.78, 5) is 21.2. The molecule has 0 spiro atoms. The number of aromatic nitrogens is 1. The van der Waals surface area contributed by atoms with Crippen LogP contribution in [0.25, 0.3) is 11.1 Å². The van der Waals surface area contributed by atoms with Crippen molar-refractivity contribution >= 4 is 39.9 Å². The van der Waals surface area contributed by atoms with Gasteiger partial charge in [0, 0.05) is 24.3 Å². The Morgan fingerprint density at radius 1 is 1.07 bits per heavy atom. The molecule has 1 aromatic heterocycles. The lowest BCUT2D eigenvalue weighted by Gasteiger charge is -2.34. The highest BCUT2D eigenvalue weighted by molar-refractivity contribution is 8.00. The first-order valence-corrected chi connectivity index (χ1v) is 11.1. The average molecular weight is 414 g/mol. The number of thiazole rings is 1. The minimum Gasteiger partial charge on any atom is -0.294 e. The Morgan fingerprint density at radius 2 is 1.79 bits per heavy atom. The molecule has 4 rings (SSSR count). The van der Waals surface area contributed by atoms with Crippen molar-refractivity contribution < 1.29 is 9.18 Å². The SMILES string of the molecule is CSc1sc(N2CCCN(c3ccc(-c4ccccc4F)cc3)C2=O)nc1C. The summed E-state index contributed by atoms with van der Waals surface area (Å²) in [5.74, 6) is -0.251. The molecule has 0 radical (unpaired) electrons. The van der Waals surface area contributed by atoms with E-state index in [2.05, 4.69) is 4.98 Å². The first-order chi connectivity index (χ1) is 13.6. The Labute approximate surface area is 172 Å². The van der Waals surface area contributed by atoms with Gasteiger partial charge >= 0.3 is 6.03 Å². The second-order valence-corrected chi connectivity index (χ2v) is 8.59. The number of anilines is 2. The third-order valence-electron chi connectivity index (χ3n) is 4.75. The fourth-order valence-corrected chi connectivity index (χ4v) is 5.05. The van der Waals surface area contributed by atoms with Gasteiger partial charge in [0.2, 0.25) is 0 Å². The predicted molar refractivity (Wildman–Crippen MR) is 115 cm³/mol. The molecule has 2 heterocycles. The molecule has 0 bridgehead atoms. The molecule has 0 atom stereocenters. The lowest BCUT2D eigenvalue weighted by atomic mass is 10.0. The first kappa shape index (κ1) is 19.0. The molecule has 1 saturated heterocycles. The Bertz CT molecular complexity index is 1000. The second-order valence-electron chi connectivity index (χ2n) is 6.54. The first-order valence-electron chi connectivity index (χ1n) is 9.04. The van der Waals surface area contributed by atoms with E-state index in [0.29, 0.717) is 18.7 Å². The third kappa shape index (κ3) is 3.52. The summed E-state index contributed by atoms with van der Waals surface area (Å²) in [5.41, 5.74) is 3.13. The van der Waals surface area contributed by atoms with Crippen molar-refractivity contribution in [3.05, 3.63) is 60.0 Å². The molecule has 0 unspecified atom stereocenters. The van der Waals surface area contributed by atoms with Crippen molar-refractivity contribution in [2.45, 2.75) is 17.6 Å². The number of halogens is 1. The number of hydrogen-bond acceptors (Lipinski definition) is 4. The highest BCUT2D eigenvalue weighted by Gasteiger charge is 2.30. The van der Waals surface area contributed by atoms with Gasteiger partial charge in [-0.05, 0) is 43.4 Å². The summed E-state index contributed by atoms with van der Waals surface area (Å²) < 4.78 is 15.2. The molecule has 3 aromatic rings. The monoisotopic (exact) mass is 413 g/mol. The van der Waals surface area contributed by atoms with Crippen molar-refractivity contribution in [3.63, 3.8) is 0 Å². The lowest BCUT2D eigenvalue weighted by molar-refractivity contribution is 0.248. The van der Waals surface area contributed by atoms with Gasteiger partial charge in [0.1, 0.15) is 5.82 Å². The summed E-state index contributed by atoms with van der Waals surface area (Å²) in [7, 11) is 0. The zero-order valence-electron chi connectivity index (χ0n) is 15.7. The number of aryl methyl sites for hydroxylation is 1. The fraction of sp³-hybridized carbons (Fsp3) is 0.238. The molecule has 1 aliphatic heterocycles. The number of thioether (sulfide) groups is 1. The van der Waals surface area contributed by atoms with Gasteiger partial charge in [-0.3, -0.25) is 9.80 Å². The normalized spacial score (nSPS) is 14.6. The molecule has 2 aromatic carbocycles. The molecular formula is C21H20FN3OS2. The molecule has 4 nitrogen and oxygen atoms in total. The summed E-state index contributed by atoms with van der Waals surface area (Å²) in [6.45, 7) is 3.30. The number of amides is 2. The van der Waals surface area contributed by atoms with E-state index in [1.54, 1.807) is 45.0 Å². The van der Waals surface area contributed by atoms with Gasteiger partial charge < -0.3 is 0 Å². The highest BCUT2D eigenvalue weighted by Crippen LogP contribution is 2.35. The number of urea groups is 1. The van der Waals surface area contributed by atoms with Crippen LogP contribution in [0.4, 0.5) is 20.0 Å². The van der Waals surface area contributed by atoms with Crippen molar-refractivity contribution in [3.8, 4) is 11.1 Å². The van der Waals surface area contributed by atoms with Crippen molar-refractivity contribution in [2.24, 2.45) is 0 Å². The summed E-state index contributed by atoms with van der Waals surface area (Å²) in [5, 5.41) is 0.750. The highest BCUT2D eigenvalue weighted by atomic mass is 32.2. The van der Waals surface area contributed by atoms with Gasteiger partial charge in [-0.25, -0.2) is 14.2 Å². The van der Waals surface area contributed by atoms with Crippen LogP contribution < -0.4 is 9.80 Å². The molecular weight excluding hydrogens is 393 g/mol. The number of carbonyl (C=O) groups is 1. The van der Waals surface area contributed by atoms with Crippen LogP contribution in [0.15, 0.2) is 52.7 Å². The van der Waals surface area contributed by atoms with Gasteiger partial charge in [-0.15, -0.1) is 11.8 Å². The molecule has 0 N–H and O–H groups in total. The number of carbonyl (C=O) groups excluding carboxylic acids is 1. The zero-order chi connectivity index (χ0) is 19.7. The molecule has 0 aliphatic carbocycles. The number of hydrogen-bond donors (Lipinski definition) is 0. The number of benzene rings is 2. The average Bonchev–Trinajstić information content (AvgIpc) is 3.09. The Balaban J connectivity index is 1.58. The van der Waals surface area contributed by atoms with E-state index in [0.717, 1.165) is 32.7 Å². The quantitative estimate of drug-likeness (QED) is 0.506. The Morgan fingerprint density at radius 3 is 2.46 bits per heavy atom. The van der Waals surface area contributed by atoms with Crippen LogP contribution in [0.2, 0.25) is 0 Å². The van der Waals surface area contributed by atoms with Crippen LogP contribution in [-0.2, 0) is 0 Å². The zero-order valence-corrected chi connectivity index (χ0v) is 17.3. The topological polar surface area (TPSA) is 36.4 Å². The molecule has 0 saturated carbocycles. The minimum absolute atomic E-state index is 0.0636. The van der Waals surface area contributed by atoms with E-state index in [1.807, 2.05) is 43.5 Å². The van der Waals surface area contributed by atoms with Gasteiger partial charge in [0.25, 0.3) is 0 Å². The fourth-order valence-electron chi connectivity index (χ4n) is 3.33. The molecule has 1 aliphatic rings. The van der Waals surface area contributed by atoms with Crippen LogP contribution in [0.5, 0.6) is 0 Å². The van der Waals surface area contributed by atoms with Crippen molar-refractivity contribution in [1.29, 1.82) is 0 Å². The predicted octanol–water partition coefficient (Wildman–Crippen LogP) is 5.82. The lowest BCUT2D eigenvalue weighted by Crippen LogP contribution is -2.49. The van der Waals surface area contributed by atoms with Crippen LogP contribution in [0.3, 0.4) is 0 Å². The number of nitrogens with zero attached hydrogens (tertiary/aromatic N) is 3. The smallest absolute Gasteiger partial charge is 0.294 e. The van der Waals surface area contributed by atoms with Gasteiger partial charge in [0.05, 0.1) is 9.90 Å². The van der Waals surface area contributed by atoms with E-state index in [4.69, 9.17) is 0 Å². The Hall–Kier alpha value is -2.38. The van der Waals surface area contributed by atoms with Crippen LogP contribution in [0, 0.1) is 12.7 Å². The third-order valence-corrected chi connectivity index (χ3v) is 7.14. The van der Waals surface area contributed by atoms with E-state index in [-0.39, 0.29) is 11.8 Å². The molecule has 144 valence electrons. The van der Waals surface area contributed by atoms with E-state index in [1.165, 1.54) is 6.07 Å². The largest absolute Gasteiger partial charge is 0.330 e. The van der Waals surface area contributed by atoms with Crippen LogP contribution >= 0.6 is 23.1 Å². The maximum absolute atomic E-state index is 14.0. The molecule has 1 fully saturated rings. The van der Waals surface area contributed by atoms with Gasteiger partial charge in [-0.2, -0.15) is 0 Å². The number of rotatable bonds is 4. The summed E-state index contributed by atoms with van der Waals surface area (Å²) in [6, 6.07) is 14.1. The molecule has 28 heavy (non-hydrogen) atoms. The van der Waals surface area contributed by atoms with Crippen molar-refractivity contribution in [2.75, 3.05) is 29.1 Å². The molecule has 7 heteroatoms. The standard InChI is InChI=1S/C21H20FN3OS2/c1-14-19(27-2)28-20(23-14)25-13-5-12-24(21(25)26)16-10-8-15(9-11-16)17-6-3-4-7-18(17)22/h3-4,6-11H,5,12-13H2,1-2H3. The molecule has 2 amide bonds. The second kappa shape index (κ2) is 7.93. The van der Waals surface area contributed by atoms with Gasteiger partial charge in [0.15, 0.2) is 5.13 Å². The maximum Gasteiger partial charge on any atom is 0.330 e. The van der Waals surface area contributed by atoms with E-state index < -0.39 is 0 Å². The van der Waals surface area contributed by atoms with E-state index in [9.17, 15) is 9.18 Å². The summed E-state index contributed by atoms with van der Waals surface area (Å²) in [6.07, 6.45) is 2.89. The maximum atomic E-state index is 14.0. The van der Waals surface area contributed by atoms with E-state index >= 15 is 0 Å². The van der Waals surface area contributed by atoms with Crippen LogP contribution in [0.1, 0.15) is 12.1 Å². The summed E-state index contributed by atoms with van der Waals surface area (Å²) >= 11 is 3.21. The van der Waals surface area contributed by atoms with Crippen LogP contribution in [-0.4, -0.2) is 30.4 Å². The Kier molecular flexibility index (Phi) is 5.37. The van der Waals surface area contributed by atoms with Crippen molar-refractivity contribution in [1.82, 2.24) is 4.98 Å². The van der Waals surface area contributed by atoms with Gasteiger partial charge in [-0.1, -0.05) is 41.7 Å².